The highest BCUT2D eigenvalue weighted by molar-refractivity contribution is 7.89. The van der Waals surface area contributed by atoms with Gasteiger partial charge in [0, 0.05) is 57.1 Å². The lowest BCUT2D eigenvalue weighted by molar-refractivity contribution is 0.0730. The van der Waals surface area contributed by atoms with E-state index in [-0.39, 0.29) is 10.8 Å². The van der Waals surface area contributed by atoms with E-state index in [4.69, 9.17) is 4.74 Å². The van der Waals surface area contributed by atoms with Gasteiger partial charge in [-0.2, -0.15) is 4.31 Å². The van der Waals surface area contributed by atoms with E-state index in [2.05, 4.69) is 28.2 Å². The van der Waals surface area contributed by atoms with Crippen LogP contribution in [0.25, 0.3) is 0 Å². The highest BCUT2D eigenvalue weighted by Gasteiger charge is 2.29. The maximum absolute atomic E-state index is 13.3. The predicted molar refractivity (Wildman–Crippen MR) is 133 cm³/mol. The highest BCUT2D eigenvalue weighted by atomic mass is 32.2. The van der Waals surface area contributed by atoms with E-state index in [0.717, 1.165) is 38.3 Å². The molecular formula is C25H34N4O4S. The number of nitrogens with zero attached hydrogens (tertiary/aromatic N) is 3. The van der Waals surface area contributed by atoms with E-state index in [1.54, 1.807) is 12.1 Å². The fourth-order valence-corrected chi connectivity index (χ4v) is 6.10. The molecule has 0 unspecified atom stereocenters. The van der Waals surface area contributed by atoms with Crippen molar-refractivity contribution in [1.82, 2.24) is 14.1 Å². The Morgan fingerprint density at radius 2 is 1.74 bits per heavy atom. The van der Waals surface area contributed by atoms with Gasteiger partial charge >= 0.3 is 0 Å². The monoisotopic (exact) mass is 486 g/mol. The number of nitrogens with one attached hydrogen (secondary N) is 1. The molecule has 0 radical (unpaired) electrons. The lowest BCUT2D eigenvalue weighted by Crippen LogP contribution is -2.43. The van der Waals surface area contributed by atoms with Crippen LogP contribution in [0.1, 0.15) is 28.4 Å². The summed E-state index contributed by atoms with van der Waals surface area (Å²) in [6, 6.07) is 12.8. The number of hydrogen-bond acceptors (Lipinski definition) is 6. The van der Waals surface area contributed by atoms with Crippen LogP contribution in [0, 0.1) is 0 Å². The van der Waals surface area contributed by atoms with Crippen LogP contribution < -0.4 is 5.32 Å². The van der Waals surface area contributed by atoms with E-state index in [1.807, 2.05) is 25.1 Å². The Morgan fingerprint density at radius 3 is 2.44 bits per heavy atom. The van der Waals surface area contributed by atoms with Crippen LogP contribution >= 0.6 is 0 Å². The molecule has 2 aromatic carbocycles. The number of ether oxygens (including phenoxy) is 1. The summed E-state index contributed by atoms with van der Waals surface area (Å²) in [6.45, 7) is 8.32. The van der Waals surface area contributed by atoms with Gasteiger partial charge in [-0.3, -0.25) is 9.69 Å². The first-order valence-corrected chi connectivity index (χ1v) is 13.3. The van der Waals surface area contributed by atoms with Crippen LogP contribution in [0.4, 0.5) is 5.69 Å². The van der Waals surface area contributed by atoms with Gasteiger partial charge in [-0.15, -0.1) is 0 Å². The molecule has 0 aliphatic carbocycles. The van der Waals surface area contributed by atoms with Gasteiger partial charge in [-0.05, 0) is 48.9 Å². The van der Waals surface area contributed by atoms with Crippen molar-refractivity contribution < 1.29 is 17.9 Å². The van der Waals surface area contributed by atoms with Crippen molar-refractivity contribution >= 4 is 21.6 Å². The molecule has 4 rings (SSSR count). The second-order valence-corrected chi connectivity index (χ2v) is 10.8. The lowest BCUT2D eigenvalue weighted by atomic mass is 10.1. The molecule has 2 fully saturated rings. The Balaban J connectivity index is 1.49. The van der Waals surface area contributed by atoms with Crippen molar-refractivity contribution in [2.75, 3.05) is 64.8 Å². The zero-order valence-electron chi connectivity index (χ0n) is 20.0. The first-order valence-electron chi connectivity index (χ1n) is 11.9. The molecule has 8 nitrogen and oxygen atoms in total. The SMILES string of the molecule is CCc1ccc(C(=O)Nc2cccc(CN3CCN(C)CC3)c2)cc1S(=O)(=O)N1CCOCC1. The molecule has 0 spiro atoms. The summed E-state index contributed by atoms with van der Waals surface area (Å²) in [5, 5.41) is 2.94. The third-order valence-corrected chi connectivity index (χ3v) is 8.47. The molecule has 34 heavy (non-hydrogen) atoms. The van der Waals surface area contributed by atoms with E-state index in [1.165, 1.54) is 10.4 Å². The molecule has 1 N–H and O–H groups in total. The van der Waals surface area contributed by atoms with E-state index in [0.29, 0.717) is 49.5 Å². The van der Waals surface area contributed by atoms with Gasteiger partial charge in [0.2, 0.25) is 10.0 Å². The molecular weight excluding hydrogens is 452 g/mol. The van der Waals surface area contributed by atoms with Crippen LogP contribution in [0.15, 0.2) is 47.4 Å². The van der Waals surface area contributed by atoms with Gasteiger partial charge in [-0.25, -0.2) is 8.42 Å². The number of amides is 1. The number of anilines is 1. The molecule has 2 saturated heterocycles. The number of hydrogen-bond donors (Lipinski definition) is 1. The molecule has 2 aromatic rings. The fourth-order valence-electron chi connectivity index (χ4n) is 4.37. The van der Waals surface area contributed by atoms with Crippen molar-refractivity contribution in [2.45, 2.75) is 24.8 Å². The summed E-state index contributed by atoms with van der Waals surface area (Å²) in [4.78, 5) is 18.0. The number of likely N-dealkylation sites (N-methyl/N-ethyl adjacent to an activating group) is 1. The first-order chi connectivity index (χ1) is 16.4. The molecule has 0 bridgehead atoms. The van der Waals surface area contributed by atoms with Gasteiger partial charge in [0.25, 0.3) is 5.91 Å². The third kappa shape index (κ3) is 5.84. The van der Waals surface area contributed by atoms with Crippen LogP contribution in [0.2, 0.25) is 0 Å². The molecule has 2 aliphatic heterocycles. The van der Waals surface area contributed by atoms with Gasteiger partial charge in [0.05, 0.1) is 18.1 Å². The Bertz CT molecular complexity index is 1110. The summed E-state index contributed by atoms with van der Waals surface area (Å²) in [6.07, 6.45) is 0.565. The summed E-state index contributed by atoms with van der Waals surface area (Å²) in [7, 11) is -1.56. The van der Waals surface area contributed by atoms with Gasteiger partial charge in [0.15, 0.2) is 0 Å². The Kier molecular flexibility index (Phi) is 8.00. The number of sulfonamides is 1. The van der Waals surface area contributed by atoms with E-state index >= 15 is 0 Å². The number of carbonyl (C=O) groups is 1. The average Bonchev–Trinajstić information content (AvgIpc) is 2.86. The normalized spacial score (nSPS) is 18.6. The Morgan fingerprint density at radius 1 is 1.00 bits per heavy atom. The molecule has 184 valence electrons. The zero-order chi connectivity index (χ0) is 24.1. The van der Waals surface area contributed by atoms with Gasteiger partial charge in [-0.1, -0.05) is 25.1 Å². The van der Waals surface area contributed by atoms with Crippen molar-refractivity contribution in [3.63, 3.8) is 0 Å². The van der Waals surface area contributed by atoms with Crippen molar-refractivity contribution in [2.24, 2.45) is 0 Å². The minimum atomic E-state index is -3.70. The minimum absolute atomic E-state index is 0.202. The van der Waals surface area contributed by atoms with Gasteiger partial charge < -0.3 is 15.0 Å². The second-order valence-electron chi connectivity index (χ2n) is 8.93. The average molecular weight is 487 g/mol. The molecule has 9 heteroatoms. The fraction of sp³-hybridized carbons (Fsp3) is 0.480. The Hall–Kier alpha value is -2.30. The Labute approximate surface area is 202 Å². The molecule has 0 saturated carbocycles. The largest absolute Gasteiger partial charge is 0.379 e. The molecule has 2 heterocycles. The summed E-state index contributed by atoms with van der Waals surface area (Å²) >= 11 is 0. The van der Waals surface area contributed by atoms with Gasteiger partial charge in [0.1, 0.15) is 0 Å². The first kappa shape index (κ1) is 24.8. The zero-order valence-corrected chi connectivity index (χ0v) is 20.8. The maximum atomic E-state index is 13.3. The second kappa shape index (κ2) is 11.0. The topological polar surface area (TPSA) is 82.2 Å². The molecule has 0 aromatic heterocycles. The molecule has 1 amide bonds. The number of morpholine rings is 1. The number of carbonyl (C=O) groups excluding carboxylic acids is 1. The summed E-state index contributed by atoms with van der Waals surface area (Å²) in [5.74, 6) is -0.321. The lowest BCUT2D eigenvalue weighted by Gasteiger charge is -2.32. The maximum Gasteiger partial charge on any atom is 0.255 e. The summed E-state index contributed by atoms with van der Waals surface area (Å²) < 4.78 is 33.3. The number of aryl methyl sites for hydroxylation is 1. The van der Waals surface area contributed by atoms with Crippen LogP contribution in [-0.4, -0.2) is 88.0 Å². The number of benzene rings is 2. The number of piperazine rings is 1. The van der Waals surface area contributed by atoms with E-state index in [9.17, 15) is 13.2 Å². The van der Waals surface area contributed by atoms with Crippen molar-refractivity contribution in [1.29, 1.82) is 0 Å². The van der Waals surface area contributed by atoms with Crippen molar-refractivity contribution in [3.8, 4) is 0 Å². The standard InChI is InChI=1S/C25H34N4O4S/c1-3-21-7-8-22(18-24(21)34(31,32)29-13-15-33-16-14-29)25(30)26-23-6-4-5-20(17-23)19-28-11-9-27(2)10-12-28/h4-8,17-18H,3,9-16,19H2,1-2H3,(H,26,30). The van der Waals surface area contributed by atoms with Crippen LogP contribution in [0.3, 0.4) is 0 Å². The minimum Gasteiger partial charge on any atom is -0.379 e. The smallest absolute Gasteiger partial charge is 0.255 e. The third-order valence-electron chi connectivity index (χ3n) is 6.49. The van der Waals surface area contributed by atoms with Crippen LogP contribution in [0.5, 0.6) is 0 Å². The highest BCUT2D eigenvalue weighted by Crippen LogP contribution is 2.24. The molecule has 0 atom stereocenters. The number of rotatable bonds is 7. The summed E-state index contributed by atoms with van der Waals surface area (Å²) in [5.41, 5.74) is 2.87. The van der Waals surface area contributed by atoms with Crippen LogP contribution in [-0.2, 0) is 27.7 Å². The van der Waals surface area contributed by atoms with E-state index < -0.39 is 10.0 Å². The van der Waals surface area contributed by atoms with Crippen molar-refractivity contribution in [3.05, 3.63) is 59.2 Å². The predicted octanol–water partition coefficient (Wildman–Crippen LogP) is 2.27. The molecule has 2 aliphatic rings. The quantitative estimate of drug-likeness (QED) is 0.647.